The molecular weight excluding hydrogens is 246 g/mol. The Balaban J connectivity index is 2.73. The van der Waals surface area contributed by atoms with Gasteiger partial charge in [0.25, 0.3) is 0 Å². The Morgan fingerprint density at radius 1 is 1.31 bits per heavy atom. The van der Waals surface area contributed by atoms with E-state index in [-0.39, 0.29) is 6.54 Å². The maximum Gasteiger partial charge on any atom is 0.234 e. The third-order valence-electron chi connectivity index (χ3n) is 1.74. The lowest BCUT2D eigenvalue weighted by Crippen LogP contribution is -2.20. The smallest absolute Gasteiger partial charge is 0.208 e. The van der Waals surface area contributed by atoms with Crippen LogP contribution in [0.5, 0.6) is 0 Å². The molecule has 0 radical (unpaired) electrons. The van der Waals surface area contributed by atoms with E-state index in [1.54, 1.807) is 24.3 Å². The number of halogens is 1. The topological polar surface area (TPSA) is 46.2 Å². The lowest BCUT2D eigenvalue weighted by molar-refractivity contribution is 0.595. The van der Waals surface area contributed by atoms with Gasteiger partial charge in [-0.2, -0.15) is 0 Å². The van der Waals surface area contributed by atoms with Crippen molar-refractivity contribution in [2.24, 2.45) is 0 Å². The zero-order valence-corrected chi connectivity index (χ0v) is 10.1. The van der Waals surface area contributed by atoms with Gasteiger partial charge < -0.3 is 0 Å². The molecule has 0 aliphatic rings. The summed E-state index contributed by atoms with van der Waals surface area (Å²) < 4.78 is 25.0. The maximum absolute atomic E-state index is 11.4. The van der Waals surface area contributed by atoms with Crippen molar-refractivity contribution in [2.45, 2.75) is 0 Å². The van der Waals surface area contributed by atoms with E-state index in [1.165, 1.54) is 12.2 Å². The number of nitrogens with one attached hydrogen (secondary N) is 1. The Labute approximate surface area is 100 Å². The standard InChI is InChI=1S/C11H12ClNO2S/c1-2-8-13-16(14,15)9-7-10-3-5-11(12)6-4-10/h2-7,9,13H,1,8H2. The summed E-state index contributed by atoms with van der Waals surface area (Å²) in [6.45, 7) is 3.64. The van der Waals surface area contributed by atoms with E-state index < -0.39 is 10.0 Å². The van der Waals surface area contributed by atoms with Crippen LogP contribution in [0.1, 0.15) is 5.56 Å². The second-order valence-corrected chi connectivity index (χ2v) is 5.12. The van der Waals surface area contributed by atoms with Crippen LogP contribution < -0.4 is 4.72 Å². The van der Waals surface area contributed by atoms with Crippen molar-refractivity contribution in [3.8, 4) is 0 Å². The van der Waals surface area contributed by atoms with Crippen LogP contribution >= 0.6 is 11.6 Å². The monoisotopic (exact) mass is 257 g/mol. The number of rotatable bonds is 5. The van der Waals surface area contributed by atoms with Crippen molar-refractivity contribution in [3.05, 3.63) is 52.9 Å². The van der Waals surface area contributed by atoms with Crippen molar-refractivity contribution in [1.82, 2.24) is 4.72 Å². The molecule has 0 saturated carbocycles. The first-order chi connectivity index (χ1) is 7.53. The Morgan fingerprint density at radius 3 is 2.50 bits per heavy atom. The van der Waals surface area contributed by atoms with Crippen molar-refractivity contribution in [2.75, 3.05) is 6.54 Å². The quantitative estimate of drug-likeness (QED) is 0.824. The summed E-state index contributed by atoms with van der Waals surface area (Å²) in [6, 6.07) is 6.87. The first-order valence-electron chi connectivity index (χ1n) is 4.58. The molecule has 5 heteroatoms. The predicted molar refractivity (Wildman–Crippen MR) is 67.6 cm³/mol. The molecule has 0 fully saturated rings. The van der Waals surface area contributed by atoms with E-state index in [2.05, 4.69) is 11.3 Å². The minimum atomic E-state index is -3.39. The van der Waals surface area contributed by atoms with Crippen molar-refractivity contribution >= 4 is 27.7 Å². The first kappa shape index (κ1) is 13.0. The zero-order chi connectivity index (χ0) is 12.0. The van der Waals surface area contributed by atoms with Gasteiger partial charge in [0, 0.05) is 17.0 Å². The highest BCUT2D eigenvalue weighted by atomic mass is 35.5. The average Bonchev–Trinajstić information content (AvgIpc) is 2.26. The van der Waals surface area contributed by atoms with Crippen LogP contribution in [0.3, 0.4) is 0 Å². The lowest BCUT2D eigenvalue weighted by atomic mass is 10.2. The molecule has 0 aliphatic carbocycles. The van der Waals surface area contributed by atoms with Gasteiger partial charge in [0.1, 0.15) is 0 Å². The Hall–Kier alpha value is -1.10. The fourth-order valence-electron chi connectivity index (χ4n) is 0.965. The molecule has 1 N–H and O–H groups in total. The van der Waals surface area contributed by atoms with E-state index in [9.17, 15) is 8.42 Å². The average molecular weight is 258 g/mol. The van der Waals surface area contributed by atoms with Crippen molar-refractivity contribution < 1.29 is 8.42 Å². The van der Waals surface area contributed by atoms with Crippen molar-refractivity contribution in [1.29, 1.82) is 0 Å². The molecule has 3 nitrogen and oxygen atoms in total. The van der Waals surface area contributed by atoms with Crippen LogP contribution in [-0.2, 0) is 10.0 Å². The summed E-state index contributed by atoms with van der Waals surface area (Å²) in [5, 5.41) is 1.73. The second kappa shape index (κ2) is 5.84. The molecule has 0 amide bonds. The summed E-state index contributed by atoms with van der Waals surface area (Å²) in [6.07, 6.45) is 2.98. The summed E-state index contributed by atoms with van der Waals surface area (Å²) >= 11 is 5.70. The van der Waals surface area contributed by atoms with Gasteiger partial charge in [0.15, 0.2) is 0 Å². The van der Waals surface area contributed by atoms with Crippen LogP contribution in [0.25, 0.3) is 6.08 Å². The minimum Gasteiger partial charge on any atom is -0.208 e. The minimum absolute atomic E-state index is 0.216. The molecule has 0 heterocycles. The molecule has 0 aromatic heterocycles. The van der Waals surface area contributed by atoms with Gasteiger partial charge in [-0.1, -0.05) is 29.8 Å². The Kier molecular flexibility index (Phi) is 4.73. The van der Waals surface area contributed by atoms with Gasteiger partial charge in [0.2, 0.25) is 10.0 Å². The van der Waals surface area contributed by atoms with Crippen LogP contribution in [0.2, 0.25) is 5.02 Å². The molecule has 1 aromatic rings. The summed E-state index contributed by atoms with van der Waals surface area (Å²) in [5.74, 6) is 0. The molecular formula is C11H12ClNO2S. The summed E-state index contributed by atoms with van der Waals surface area (Å²) in [7, 11) is -3.39. The molecule has 0 saturated heterocycles. The van der Waals surface area contributed by atoms with E-state index in [1.807, 2.05) is 0 Å². The summed E-state index contributed by atoms with van der Waals surface area (Å²) in [4.78, 5) is 0. The SMILES string of the molecule is C=CCNS(=O)(=O)C=Cc1ccc(Cl)cc1. The van der Waals surface area contributed by atoms with E-state index in [0.717, 1.165) is 11.0 Å². The largest absolute Gasteiger partial charge is 0.234 e. The van der Waals surface area contributed by atoms with Gasteiger partial charge in [-0.25, -0.2) is 13.1 Å². The number of sulfonamides is 1. The summed E-state index contributed by atoms with van der Waals surface area (Å²) in [5.41, 5.74) is 0.772. The van der Waals surface area contributed by atoms with Gasteiger partial charge >= 0.3 is 0 Å². The highest BCUT2D eigenvalue weighted by Crippen LogP contribution is 2.10. The van der Waals surface area contributed by atoms with Gasteiger partial charge in [0.05, 0.1) is 0 Å². The Morgan fingerprint density at radius 2 is 1.94 bits per heavy atom. The van der Waals surface area contributed by atoms with Crippen molar-refractivity contribution in [3.63, 3.8) is 0 Å². The lowest BCUT2D eigenvalue weighted by Gasteiger charge is -1.98. The molecule has 0 aliphatic heterocycles. The first-order valence-corrected chi connectivity index (χ1v) is 6.50. The fourth-order valence-corrected chi connectivity index (χ4v) is 1.87. The highest BCUT2D eigenvalue weighted by Gasteiger charge is 2.01. The molecule has 0 unspecified atom stereocenters. The van der Waals surface area contributed by atoms with E-state index in [0.29, 0.717) is 5.02 Å². The van der Waals surface area contributed by atoms with E-state index in [4.69, 9.17) is 11.6 Å². The zero-order valence-electron chi connectivity index (χ0n) is 8.56. The second-order valence-electron chi connectivity index (χ2n) is 3.04. The Bertz CT molecular complexity index is 477. The highest BCUT2D eigenvalue weighted by molar-refractivity contribution is 7.92. The molecule has 0 bridgehead atoms. The molecule has 0 atom stereocenters. The molecule has 1 rings (SSSR count). The van der Waals surface area contributed by atoms with E-state index >= 15 is 0 Å². The normalized spacial score (nSPS) is 11.8. The van der Waals surface area contributed by atoms with Crippen LogP contribution in [-0.4, -0.2) is 15.0 Å². The third-order valence-corrected chi connectivity index (χ3v) is 3.05. The van der Waals surface area contributed by atoms with Crippen LogP contribution in [0.15, 0.2) is 42.3 Å². The fraction of sp³-hybridized carbons (Fsp3) is 0.0909. The number of hydrogen-bond acceptors (Lipinski definition) is 2. The molecule has 1 aromatic carbocycles. The third kappa shape index (κ3) is 4.61. The van der Waals surface area contributed by atoms with Crippen LogP contribution in [0, 0.1) is 0 Å². The number of hydrogen-bond donors (Lipinski definition) is 1. The number of benzene rings is 1. The van der Waals surface area contributed by atoms with Crippen LogP contribution in [0.4, 0.5) is 0 Å². The van der Waals surface area contributed by atoms with Gasteiger partial charge in [-0.15, -0.1) is 6.58 Å². The van der Waals surface area contributed by atoms with Gasteiger partial charge in [-0.3, -0.25) is 0 Å². The molecule has 86 valence electrons. The van der Waals surface area contributed by atoms with Gasteiger partial charge in [-0.05, 0) is 23.8 Å². The molecule has 16 heavy (non-hydrogen) atoms. The molecule has 0 spiro atoms. The predicted octanol–water partition coefficient (Wildman–Crippen LogP) is 2.42. The maximum atomic E-state index is 11.4.